The molecule has 7 nitrogen and oxygen atoms in total. The molecule has 31 heavy (non-hydrogen) atoms. The van der Waals surface area contributed by atoms with Crippen molar-refractivity contribution in [2.24, 2.45) is 0 Å². The largest absolute Gasteiger partial charge is 0.492 e. The van der Waals surface area contributed by atoms with E-state index in [0.717, 1.165) is 11.4 Å². The van der Waals surface area contributed by atoms with E-state index in [4.69, 9.17) is 4.74 Å². The van der Waals surface area contributed by atoms with Crippen molar-refractivity contribution in [2.45, 2.75) is 12.8 Å². The molecule has 1 aliphatic rings. The van der Waals surface area contributed by atoms with Crippen molar-refractivity contribution in [1.82, 2.24) is 5.32 Å². The van der Waals surface area contributed by atoms with Gasteiger partial charge in [-0.2, -0.15) is 5.26 Å². The number of rotatable bonds is 8. The molecule has 0 atom stereocenters. The van der Waals surface area contributed by atoms with E-state index < -0.39 is 11.6 Å². The molecule has 0 spiro atoms. The van der Waals surface area contributed by atoms with E-state index in [1.165, 1.54) is 18.2 Å². The Morgan fingerprint density at radius 1 is 1.06 bits per heavy atom. The summed E-state index contributed by atoms with van der Waals surface area (Å²) in [5.74, 6) is -0.243. The fraction of sp³-hybridized carbons (Fsp3) is 0.261. The van der Waals surface area contributed by atoms with E-state index in [1.54, 1.807) is 30.0 Å². The highest BCUT2D eigenvalue weighted by molar-refractivity contribution is 6.03. The van der Waals surface area contributed by atoms with Crippen LogP contribution < -0.4 is 19.9 Å². The lowest BCUT2D eigenvalue weighted by molar-refractivity contribution is -0.124. The maximum absolute atomic E-state index is 13.1. The predicted octanol–water partition coefficient (Wildman–Crippen LogP) is 2.99. The van der Waals surface area contributed by atoms with E-state index in [9.17, 15) is 19.2 Å². The first-order valence-corrected chi connectivity index (χ1v) is 9.81. The minimum absolute atomic E-state index is 0.0171. The summed E-state index contributed by atoms with van der Waals surface area (Å²) in [5, 5.41) is 12.3. The van der Waals surface area contributed by atoms with Gasteiger partial charge in [0.05, 0.1) is 17.9 Å². The lowest BCUT2D eigenvalue weighted by Gasteiger charge is -2.19. The second kappa shape index (κ2) is 9.76. The van der Waals surface area contributed by atoms with Crippen LogP contribution in [0.4, 0.5) is 15.8 Å². The SMILES string of the molecule is CN1C(=C(C#N)C(=O)CCC(=O)NCCOc2cccc(F)c2)N(C)c2ccccc21. The zero-order valence-electron chi connectivity index (χ0n) is 17.4. The number of hydrogen-bond acceptors (Lipinski definition) is 6. The van der Waals surface area contributed by atoms with Gasteiger partial charge in [0.1, 0.15) is 35.6 Å². The highest BCUT2D eigenvalue weighted by atomic mass is 19.1. The summed E-state index contributed by atoms with van der Waals surface area (Å²) in [7, 11) is 3.60. The molecule has 8 heteroatoms. The summed E-state index contributed by atoms with van der Waals surface area (Å²) < 4.78 is 18.5. The fourth-order valence-corrected chi connectivity index (χ4v) is 3.41. The Balaban J connectivity index is 1.52. The molecule has 1 amide bonds. The minimum Gasteiger partial charge on any atom is -0.492 e. The monoisotopic (exact) mass is 422 g/mol. The predicted molar refractivity (Wildman–Crippen MR) is 115 cm³/mol. The first kappa shape index (κ1) is 21.8. The summed E-state index contributed by atoms with van der Waals surface area (Å²) >= 11 is 0. The lowest BCUT2D eigenvalue weighted by atomic mass is 10.1. The highest BCUT2D eigenvalue weighted by Gasteiger charge is 2.31. The number of nitrogens with one attached hydrogen (secondary N) is 1. The molecule has 2 aromatic carbocycles. The third-order valence-corrected chi connectivity index (χ3v) is 4.92. The topological polar surface area (TPSA) is 85.7 Å². The van der Waals surface area contributed by atoms with Crippen molar-refractivity contribution < 1.29 is 18.7 Å². The first-order chi connectivity index (χ1) is 14.9. The average Bonchev–Trinajstić information content (AvgIpc) is 3.01. The smallest absolute Gasteiger partial charge is 0.220 e. The van der Waals surface area contributed by atoms with Gasteiger partial charge < -0.3 is 19.9 Å². The first-order valence-electron chi connectivity index (χ1n) is 9.81. The molecule has 0 radical (unpaired) electrons. The molecule has 0 fully saturated rings. The number of para-hydroxylation sites is 2. The quantitative estimate of drug-likeness (QED) is 0.400. The van der Waals surface area contributed by atoms with Gasteiger partial charge in [0, 0.05) is 33.0 Å². The summed E-state index contributed by atoms with van der Waals surface area (Å²) in [4.78, 5) is 28.3. The molecule has 0 saturated carbocycles. The number of hydrogen-bond donors (Lipinski definition) is 1. The van der Waals surface area contributed by atoms with Crippen molar-refractivity contribution in [2.75, 3.05) is 37.0 Å². The summed E-state index contributed by atoms with van der Waals surface area (Å²) in [5.41, 5.74) is 1.82. The van der Waals surface area contributed by atoms with E-state index >= 15 is 0 Å². The van der Waals surface area contributed by atoms with E-state index in [0.29, 0.717) is 11.6 Å². The number of nitriles is 1. The summed E-state index contributed by atoms with van der Waals surface area (Å²) in [6, 6.07) is 15.3. The summed E-state index contributed by atoms with van der Waals surface area (Å²) in [6.45, 7) is 0.390. The maximum Gasteiger partial charge on any atom is 0.220 e. The molecule has 160 valence electrons. The van der Waals surface area contributed by atoms with Gasteiger partial charge in [-0.25, -0.2) is 4.39 Å². The van der Waals surface area contributed by atoms with Crippen molar-refractivity contribution >= 4 is 23.1 Å². The van der Waals surface area contributed by atoms with Crippen LogP contribution in [-0.4, -0.2) is 38.9 Å². The van der Waals surface area contributed by atoms with Gasteiger partial charge >= 0.3 is 0 Å². The van der Waals surface area contributed by atoms with Crippen LogP contribution in [0.1, 0.15) is 12.8 Å². The third-order valence-electron chi connectivity index (χ3n) is 4.92. The zero-order chi connectivity index (χ0) is 22.4. The van der Waals surface area contributed by atoms with Gasteiger partial charge in [-0.15, -0.1) is 0 Å². The Bertz CT molecular complexity index is 1030. The van der Waals surface area contributed by atoms with Gasteiger partial charge in [0.25, 0.3) is 0 Å². The van der Waals surface area contributed by atoms with Crippen molar-refractivity contribution in [3.05, 3.63) is 65.7 Å². The average molecular weight is 422 g/mol. The number of ketones is 1. The molecule has 0 bridgehead atoms. The number of fused-ring (bicyclic) bond motifs is 1. The third kappa shape index (κ3) is 5.01. The number of nitrogens with zero attached hydrogens (tertiary/aromatic N) is 3. The molecule has 3 rings (SSSR count). The van der Waals surface area contributed by atoms with Crippen LogP contribution in [0.3, 0.4) is 0 Å². The van der Waals surface area contributed by atoms with Crippen LogP contribution in [0.15, 0.2) is 59.9 Å². The van der Waals surface area contributed by atoms with Crippen molar-refractivity contribution in [1.29, 1.82) is 5.26 Å². The Kier molecular flexibility index (Phi) is 6.88. The lowest BCUT2D eigenvalue weighted by Crippen LogP contribution is -2.29. The molecular formula is C23H23FN4O3. The number of benzene rings is 2. The Morgan fingerprint density at radius 3 is 2.35 bits per heavy atom. The van der Waals surface area contributed by atoms with Gasteiger partial charge in [-0.05, 0) is 24.3 Å². The molecule has 1 N–H and O–H groups in total. The number of ether oxygens (including phenoxy) is 1. The van der Waals surface area contributed by atoms with Crippen LogP contribution in [-0.2, 0) is 9.59 Å². The second-order valence-electron chi connectivity index (χ2n) is 7.00. The van der Waals surface area contributed by atoms with E-state index in [1.807, 2.05) is 30.3 Å². The molecule has 1 aliphatic heterocycles. The number of halogens is 1. The van der Waals surface area contributed by atoms with Crippen LogP contribution in [0, 0.1) is 17.1 Å². The van der Waals surface area contributed by atoms with Crippen LogP contribution >= 0.6 is 0 Å². The van der Waals surface area contributed by atoms with Gasteiger partial charge in [-0.3, -0.25) is 9.59 Å². The molecule has 1 heterocycles. The number of amides is 1. The number of carbonyl (C=O) groups excluding carboxylic acids is 2. The molecular weight excluding hydrogens is 399 g/mol. The molecule has 0 saturated heterocycles. The molecule has 2 aromatic rings. The molecule has 0 aromatic heterocycles. The molecule has 0 unspecified atom stereocenters. The highest BCUT2D eigenvalue weighted by Crippen LogP contribution is 2.40. The normalized spacial score (nSPS) is 12.3. The molecule has 0 aliphatic carbocycles. The van der Waals surface area contributed by atoms with Gasteiger partial charge in [0.15, 0.2) is 5.78 Å². The second-order valence-corrected chi connectivity index (χ2v) is 7.00. The van der Waals surface area contributed by atoms with E-state index in [-0.39, 0.29) is 37.5 Å². The van der Waals surface area contributed by atoms with Crippen LogP contribution in [0.2, 0.25) is 0 Å². The Hall–Kier alpha value is -3.86. The number of carbonyl (C=O) groups is 2. The maximum atomic E-state index is 13.1. The van der Waals surface area contributed by atoms with Crippen molar-refractivity contribution in [3.63, 3.8) is 0 Å². The van der Waals surface area contributed by atoms with Gasteiger partial charge in [0.2, 0.25) is 5.91 Å². The standard InChI is InChI=1S/C23H23FN4O3/c1-27-19-8-3-4-9-20(19)28(2)23(27)18(15-25)21(29)10-11-22(30)26-12-13-31-17-7-5-6-16(24)14-17/h3-9,14H,10-13H2,1-2H3,(H,26,30). The van der Waals surface area contributed by atoms with Crippen LogP contribution in [0.5, 0.6) is 5.75 Å². The minimum atomic E-state index is -0.399. The van der Waals surface area contributed by atoms with Crippen LogP contribution in [0.25, 0.3) is 0 Å². The van der Waals surface area contributed by atoms with Gasteiger partial charge in [-0.1, -0.05) is 18.2 Å². The fourth-order valence-electron chi connectivity index (χ4n) is 3.41. The Labute approximate surface area is 180 Å². The number of allylic oxidation sites excluding steroid dienone is 1. The van der Waals surface area contributed by atoms with Crippen molar-refractivity contribution in [3.8, 4) is 11.8 Å². The van der Waals surface area contributed by atoms with E-state index in [2.05, 4.69) is 5.32 Å². The Morgan fingerprint density at radius 2 is 1.74 bits per heavy atom. The summed E-state index contributed by atoms with van der Waals surface area (Å²) in [6.07, 6.45) is -0.126. The number of anilines is 2. The zero-order valence-corrected chi connectivity index (χ0v) is 17.4. The number of Topliss-reactive ketones (excluding diaryl/α,β-unsaturated/α-hetero) is 1.